The topological polar surface area (TPSA) is 80.0 Å². The van der Waals surface area contributed by atoms with Gasteiger partial charge < -0.3 is 19.2 Å². The molecule has 28 heavy (non-hydrogen) atoms. The van der Waals surface area contributed by atoms with Gasteiger partial charge in [0.2, 0.25) is 0 Å². The molecule has 0 aliphatic carbocycles. The van der Waals surface area contributed by atoms with Crippen LogP contribution < -0.4 is 4.74 Å². The normalized spacial score (nSPS) is 23.2. The van der Waals surface area contributed by atoms with E-state index in [2.05, 4.69) is 0 Å². The fourth-order valence-electron chi connectivity index (χ4n) is 3.97. The highest BCUT2D eigenvalue weighted by atomic mass is 16.5. The second kappa shape index (κ2) is 6.86. The van der Waals surface area contributed by atoms with E-state index in [4.69, 9.17) is 9.15 Å². The quantitative estimate of drug-likeness (QED) is 0.496. The average Bonchev–Trinajstić information content (AvgIpc) is 3.32. The van der Waals surface area contributed by atoms with Crippen molar-refractivity contribution in [3.05, 3.63) is 58.6 Å². The molecule has 2 aliphatic heterocycles. The molecule has 4 rings (SSSR count). The lowest BCUT2D eigenvalue weighted by Crippen LogP contribution is -2.30. The highest BCUT2D eigenvalue weighted by Gasteiger charge is 2.47. The van der Waals surface area contributed by atoms with Gasteiger partial charge in [-0.1, -0.05) is 6.92 Å². The Morgan fingerprint density at radius 2 is 2.04 bits per heavy atom. The van der Waals surface area contributed by atoms with Gasteiger partial charge in [-0.05, 0) is 56.2 Å². The maximum atomic E-state index is 12.8. The Labute approximate surface area is 163 Å². The van der Waals surface area contributed by atoms with Gasteiger partial charge in [0.1, 0.15) is 35.2 Å². The smallest absolute Gasteiger partial charge is 0.295 e. The van der Waals surface area contributed by atoms with E-state index in [9.17, 15) is 14.7 Å². The molecule has 2 atom stereocenters. The van der Waals surface area contributed by atoms with E-state index in [1.165, 1.54) is 4.90 Å². The molecule has 6 heteroatoms. The van der Waals surface area contributed by atoms with E-state index in [1.54, 1.807) is 31.2 Å². The standard InChI is InChI=1S/C22H23NO5/c1-4-9-23-19(17-7-5-12(2)27-17)18(21(25)22(23)26)20(24)14-6-8-16-15(11-14)10-13(3)28-16/h5-8,11,13,19,24H,4,9-10H2,1-3H3/b20-18-. The number of hydrogen-bond donors (Lipinski definition) is 1. The van der Waals surface area contributed by atoms with Crippen LogP contribution in [-0.4, -0.2) is 34.3 Å². The van der Waals surface area contributed by atoms with Gasteiger partial charge in [0, 0.05) is 18.5 Å². The zero-order valence-electron chi connectivity index (χ0n) is 16.2. The van der Waals surface area contributed by atoms with Crippen molar-refractivity contribution in [2.45, 2.75) is 45.8 Å². The molecule has 1 aromatic heterocycles. The number of ketones is 1. The number of aliphatic hydroxyl groups excluding tert-OH is 1. The molecule has 2 aliphatic rings. The van der Waals surface area contributed by atoms with Gasteiger partial charge in [0.15, 0.2) is 0 Å². The van der Waals surface area contributed by atoms with Crippen LogP contribution in [-0.2, 0) is 16.0 Å². The van der Waals surface area contributed by atoms with Crippen molar-refractivity contribution in [2.75, 3.05) is 6.54 Å². The molecule has 6 nitrogen and oxygen atoms in total. The van der Waals surface area contributed by atoms with Gasteiger partial charge >= 0.3 is 0 Å². The van der Waals surface area contributed by atoms with E-state index >= 15 is 0 Å². The molecule has 2 unspecified atom stereocenters. The largest absolute Gasteiger partial charge is 0.507 e. The number of aryl methyl sites for hydroxylation is 1. The van der Waals surface area contributed by atoms with Crippen LogP contribution in [0.1, 0.15) is 49.0 Å². The molecule has 1 N–H and O–H groups in total. The number of hydrogen-bond acceptors (Lipinski definition) is 5. The number of benzene rings is 1. The van der Waals surface area contributed by atoms with E-state index in [-0.39, 0.29) is 17.4 Å². The van der Waals surface area contributed by atoms with Crippen molar-refractivity contribution in [3.63, 3.8) is 0 Å². The minimum absolute atomic E-state index is 0.0692. The van der Waals surface area contributed by atoms with Crippen LogP contribution in [0.4, 0.5) is 0 Å². The third-order valence-corrected chi connectivity index (χ3v) is 5.20. The summed E-state index contributed by atoms with van der Waals surface area (Å²) in [6.07, 6.45) is 1.51. The van der Waals surface area contributed by atoms with Crippen molar-refractivity contribution >= 4 is 17.4 Å². The van der Waals surface area contributed by atoms with Crippen molar-refractivity contribution in [1.29, 1.82) is 0 Å². The predicted molar refractivity (Wildman–Crippen MR) is 103 cm³/mol. The number of Topliss-reactive ketones (excluding diaryl/α,β-unsaturated/α-hetero) is 1. The van der Waals surface area contributed by atoms with E-state index in [0.717, 1.165) is 17.7 Å². The van der Waals surface area contributed by atoms with Gasteiger partial charge in [0.05, 0.1) is 5.57 Å². The number of carbonyl (C=O) groups is 2. The number of ether oxygens (including phenoxy) is 1. The highest BCUT2D eigenvalue weighted by Crippen LogP contribution is 2.41. The zero-order valence-corrected chi connectivity index (χ0v) is 16.2. The van der Waals surface area contributed by atoms with Crippen LogP contribution in [0.25, 0.3) is 5.76 Å². The Hall–Kier alpha value is -3.02. The van der Waals surface area contributed by atoms with E-state index < -0.39 is 17.7 Å². The molecule has 146 valence electrons. The summed E-state index contributed by atoms with van der Waals surface area (Å²) < 4.78 is 11.4. The summed E-state index contributed by atoms with van der Waals surface area (Å²) in [6, 6.07) is 8.14. The lowest BCUT2D eigenvalue weighted by atomic mass is 9.97. The average molecular weight is 381 g/mol. The summed E-state index contributed by atoms with van der Waals surface area (Å²) in [5, 5.41) is 11.0. The minimum Gasteiger partial charge on any atom is -0.507 e. The molecule has 1 saturated heterocycles. The molecule has 1 fully saturated rings. The summed E-state index contributed by atoms with van der Waals surface area (Å²) in [4.78, 5) is 26.9. The lowest BCUT2D eigenvalue weighted by Gasteiger charge is -2.22. The molecule has 0 radical (unpaired) electrons. The summed E-state index contributed by atoms with van der Waals surface area (Å²) in [6.45, 7) is 6.12. The molecule has 0 bridgehead atoms. The van der Waals surface area contributed by atoms with Crippen LogP contribution in [0.5, 0.6) is 5.75 Å². The fourth-order valence-corrected chi connectivity index (χ4v) is 3.97. The van der Waals surface area contributed by atoms with Crippen molar-refractivity contribution < 1.29 is 23.8 Å². The van der Waals surface area contributed by atoms with Crippen molar-refractivity contribution in [1.82, 2.24) is 4.90 Å². The molecule has 2 aromatic rings. The number of carbonyl (C=O) groups excluding carboxylic acids is 2. The monoisotopic (exact) mass is 381 g/mol. The summed E-state index contributed by atoms with van der Waals surface area (Å²) in [5.74, 6) is 0.466. The lowest BCUT2D eigenvalue weighted by molar-refractivity contribution is -0.140. The molecular formula is C22H23NO5. The first-order valence-corrected chi connectivity index (χ1v) is 9.55. The van der Waals surface area contributed by atoms with Crippen molar-refractivity contribution in [3.8, 4) is 5.75 Å². The van der Waals surface area contributed by atoms with Crippen LogP contribution >= 0.6 is 0 Å². The Morgan fingerprint density at radius 1 is 1.25 bits per heavy atom. The highest BCUT2D eigenvalue weighted by molar-refractivity contribution is 6.46. The first kappa shape index (κ1) is 18.3. The number of amides is 1. The number of fused-ring (bicyclic) bond motifs is 1. The van der Waals surface area contributed by atoms with Crippen LogP contribution in [0, 0.1) is 6.92 Å². The number of likely N-dealkylation sites (tertiary alicyclic amines) is 1. The fraction of sp³-hybridized carbons (Fsp3) is 0.364. The van der Waals surface area contributed by atoms with Crippen LogP contribution in [0.15, 0.2) is 40.3 Å². The number of aliphatic hydroxyl groups is 1. The van der Waals surface area contributed by atoms with E-state index in [1.807, 2.05) is 19.9 Å². The maximum Gasteiger partial charge on any atom is 0.295 e. The number of furan rings is 1. The van der Waals surface area contributed by atoms with Gasteiger partial charge in [-0.25, -0.2) is 0 Å². The van der Waals surface area contributed by atoms with Gasteiger partial charge in [-0.2, -0.15) is 0 Å². The third kappa shape index (κ3) is 2.89. The molecular weight excluding hydrogens is 358 g/mol. The Kier molecular flexibility index (Phi) is 4.49. The first-order valence-electron chi connectivity index (χ1n) is 9.55. The zero-order chi connectivity index (χ0) is 20.0. The second-order valence-electron chi connectivity index (χ2n) is 7.40. The van der Waals surface area contributed by atoms with Gasteiger partial charge in [-0.3, -0.25) is 9.59 Å². The Morgan fingerprint density at radius 3 is 2.71 bits per heavy atom. The van der Waals surface area contributed by atoms with Gasteiger partial charge in [-0.15, -0.1) is 0 Å². The summed E-state index contributed by atoms with van der Waals surface area (Å²) in [5.41, 5.74) is 1.55. The molecule has 0 saturated carbocycles. The maximum absolute atomic E-state index is 12.8. The molecule has 0 spiro atoms. The number of rotatable bonds is 4. The predicted octanol–water partition coefficient (Wildman–Crippen LogP) is 3.74. The minimum atomic E-state index is -0.725. The summed E-state index contributed by atoms with van der Waals surface area (Å²) in [7, 11) is 0. The number of nitrogens with zero attached hydrogens (tertiary/aromatic N) is 1. The molecule has 3 heterocycles. The molecule has 1 amide bonds. The third-order valence-electron chi connectivity index (χ3n) is 5.20. The van der Waals surface area contributed by atoms with E-state index in [0.29, 0.717) is 30.0 Å². The SMILES string of the molecule is CCCN1C(=O)C(=O)/C(=C(\O)c2ccc3c(c2)CC(C)O3)C1c1ccc(C)o1. The summed E-state index contributed by atoms with van der Waals surface area (Å²) >= 11 is 0. The van der Waals surface area contributed by atoms with Crippen molar-refractivity contribution in [2.24, 2.45) is 0 Å². The molecule has 1 aromatic carbocycles. The second-order valence-corrected chi connectivity index (χ2v) is 7.40. The van der Waals surface area contributed by atoms with Crippen LogP contribution in [0.2, 0.25) is 0 Å². The first-order chi connectivity index (χ1) is 13.4. The Bertz CT molecular complexity index is 987. The van der Waals surface area contributed by atoms with Gasteiger partial charge in [0.25, 0.3) is 11.7 Å². The Balaban J connectivity index is 1.84. The van der Waals surface area contributed by atoms with Crippen LogP contribution in [0.3, 0.4) is 0 Å².